The number of amides is 1. The first-order chi connectivity index (χ1) is 10.6. The Morgan fingerprint density at radius 2 is 1.73 bits per heavy atom. The van der Waals surface area contributed by atoms with Crippen LogP contribution in [0.3, 0.4) is 0 Å². The Morgan fingerprint density at radius 1 is 1.14 bits per heavy atom. The van der Waals surface area contributed by atoms with Gasteiger partial charge in [-0.1, -0.05) is 12.8 Å². The third-order valence-electron chi connectivity index (χ3n) is 4.86. The topological polar surface area (TPSA) is 50.6 Å². The Balaban J connectivity index is 1.99. The number of likely N-dealkylation sites (tertiary alicyclic amines) is 2. The predicted molar refractivity (Wildman–Crippen MR) is 87.0 cm³/mol. The van der Waals surface area contributed by atoms with Crippen LogP contribution >= 0.6 is 0 Å². The SMILES string of the molecule is CN1CCC(N(C)C(=O)/C(C#N)=C\N2CCCCCC2)CC1. The molecule has 2 aliphatic rings. The van der Waals surface area contributed by atoms with Gasteiger partial charge in [-0.05, 0) is 45.8 Å². The van der Waals surface area contributed by atoms with E-state index in [4.69, 9.17) is 0 Å². The summed E-state index contributed by atoms with van der Waals surface area (Å²) in [6, 6.07) is 2.37. The first kappa shape index (κ1) is 16.8. The molecule has 0 bridgehead atoms. The van der Waals surface area contributed by atoms with Crippen LogP contribution in [0.1, 0.15) is 38.5 Å². The van der Waals surface area contributed by atoms with Gasteiger partial charge in [0.1, 0.15) is 11.6 Å². The van der Waals surface area contributed by atoms with Crippen LogP contribution in [0.5, 0.6) is 0 Å². The highest BCUT2D eigenvalue weighted by Crippen LogP contribution is 2.17. The molecule has 1 amide bonds. The second kappa shape index (κ2) is 8.19. The minimum Gasteiger partial charge on any atom is -0.376 e. The summed E-state index contributed by atoms with van der Waals surface area (Å²) in [5, 5.41) is 9.39. The van der Waals surface area contributed by atoms with Gasteiger partial charge < -0.3 is 14.7 Å². The summed E-state index contributed by atoms with van der Waals surface area (Å²) in [4.78, 5) is 18.8. The van der Waals surface area contributed by atoms with E-state index in [0.717, 1.165) is 51.9 Å². The van der Waals surface area contributed by atoms with Crippen molar-refractivity contribution in [3.63, 3.8) is 0 Å². The van der Waals surface area contributed by atoms with Crippen LogP contribution in [0, 0.1) is 11.3 Å². The van der Waals surface area contributed by atoms with Crippen molar-refractivity contribution in [1.29, 1.82) is 5.26 Å². The predicted octanol–water partition coefficient (Wildman–Crippen LogP) is 1.82. The Hall–Kier alpha value is -1.54. The number of hydrogen-bond acceptors (Lipinski definition) is 4. The molecule has 0 spiro atoms. The molecule has 2 fully saturated rings. The minimum absolute atomic E-state index is 0.124. The lowest BCUT2D eigenvalue weighted by atomic mass is 10.0. The lowest BCUT2D eigenvalue weighted by Crippen LogP contribution is -2.45. The van der Waals surface area contributed by atoms with Crippen LogP contribution in [0.4, 0.5) is 0 Å². The van der Waals surface area contributed by atoms with Gasteiger partial charge in [-0.2, -0.15) is 5.26 Å². The summed E-state index contributed by atoms with van der Waals surface area (Å²) < 4.78 is 0. The summed E-state index contributed by atoms with van der Waals surface area (Å²) in [6.45, 7) is 3.94. The molecule has 5 heteroatoms. The van der Waals surface area contributed by atoms with Crippen molar-refractivity contribution in [2.45, 2.75) is 44.6 Å². The lowest BCUT2D eigenvalue weighted by Gasteiger charge is -2.35. The molecule has 0 aromatic rings. The number of piperidine rings is 1. The second-order valence-electron chi connectivity index (χ2n) is 6.56. The van der Waals surface area contributed by atoms with Crippen molar-refractivity contribution in [1.82, 2.24) is 14.7 Å². The molecule has 2 rings (SSSR count). The third-order valence-corrected chi connectivity index (χ3v) is 4.86. The second-order valence-corrected chi connectivity index (χ2v) is 6.56. The number of nitriles is 1. The molecule has 0 radical (unpaired) electrons. The van der Waals surface area contributed by atoms with Crippen LogP contribution in [0.15, 0.2) is 11.8 Å². The average molecular weight is 304 g/mol. The van der Waals surface area contributed by atoms with E-state index in [9.17, 15) is 10.1 Å². The Kier molecular flexibility index (Phi) is 6.26. The number of hydrogen-bond donors (Lipinski definition) is 0. The van der Waals surface area contributed by atoms with Crippen LogP contribution in [0.2, 0.25) is 0 Å². The zero-order valence-electron chi connectivity index (χ0n) is 13.9. The van der Waals surface area contributed by atoms with Gasteiger partial charge in [-0.25, -0.2) is 0 Å². The van der Waals surface area contributed by atoms with Crippen LogP contribution in [0.25, 0.3) is 0 Å². The summed E-state index contributed by atoms with van der Waals surface area (Å²) in [5.41, 5.74) is 0.281. The third kappa shape index (κ3) is 4.48. The molecular weight excluding hydrogens is 276 g/mol. The summed E-state index contributed by atoms with van der Waals surface area (Å²) in [7, 11) is 3.95. The standard InChI is InChI=1S/C17H28N4O/c1-19-11-7-16(8-12-19)20(2)17(22)15(13-18)14-21-9-5-3-4-6-10-21/h14,16H,3-12H2,1-2H3/b15-14-. The Morgan fingerprint density at radius 3 is 2.27 bits per heavy atom. The molecule has 2 saturated heterocycles. The van der Waals surface area contributed by atoms with E-state index in [2.05, 4.69) is 22.9 Å². The highest BCUT2D eigenvalue weighted by Gasteiger charge is 2.26. The van der Waals surface area contributed by atoms with Crippen LogP contribution < -0.4 is 0 Å². The van der Waals surface area contributed by atoms with E-state index in [0.29, 0.717) is 0 Å². The minimum atomic E-state index is -0.124. The van der Waals surface area contributed by atoms with Gasteiger partial charge in [-0.3, -0.25) is 4.79 Å². The first-order valence-electron chi connectivity index (χ1n) is 8.43. The Bertz CT molecular complexity index is 438. The highest BCUT2D eigenvalue weighted by atomic mass is 16.2. The van der Waals surface area contributed by atoms with E-state index in [1.54, 1.807) is 11.1 Å². The zero-order chi connectivity index (χ0) is 15.9. The van der Waals surface area contributed by atoms with Crippen molar-refractivity contribution in [2.75, 3.05) is 40.3 Å². The lowest BCUT2D eigenvalue weighted by molar-refractivity contribution is -0.128. The molecule has 2 heterocycles. The molecule has 0 aromatic heterocycles. The van der Waals surface area contributed by atoms with Crippen molar-refractivity contribution in [2.24, 2.45) is 0 Å². The molecule has 5 nitrogen and oxygen atoms in total. The quantitative estimate of drug-likeness (QED) is 0.589. The first-order valence-corrected chi connectivity index (χ1v) is 8.43. The van der Waals surface area contributed by atoms with Gasteiger partial charge in [0.15, 0.2) is 0 Å². The summed E-state index contributed by atoms with van der Waals surface area (Å²) in [6.07, 6.45) is 8.55. The molecule has 0 unspecified atom stereocenters. The molecule has 2 aliphatic heterocycles. The Labute approximate surface area is 134 Å². The highest BCUT2D eigenvalue weighted by molar-refractivity contribution is 5.97. The molecule has 0 saturated carbocycles. The van der Waals surface area contributed by atoms with E-state index < -0.39 is 0 Å². The van der Waals surface area contributed by atoms with E-state index in [1.165, 1.54) is 12.8 Å². The number of nitrogens with zero attached hydrogens (tertiary/aromatic N) is 4. The fraction of sp³-hybridized carbons (Fsp3) is 0.765. The van der Waals surface area contributed by atoms with Gasteiger partial charge in [0.2, 0.25) is 0 Å². The maximum absolute atomic E-state index is 12.6. The number of carbonyl (C=O) groups is 1. The summed E-state index contributed by atoms with van der Waals surface area (Å²) >= 11 is 0. The van der Waals surface area contributed by atoms with Gasteiger partial charge >= 0.3 is 0 Å². The van der Waals surface area contributed by atoms with Gasteiger partial charge in [-0.15, -0.1) is 0 Å². The van der Waals surface area contributed by atoms with Gasteiger partial charge in [0, 0.05) is 32.4 Å². The largest absolute Gasteiger partial charge is 0.376 e. The zero-order valence-corrected chi connectivity index (χ0v) is 13.9. The van der Waals surface area contributed by atoms with Crippen molar-refractivity contribution in [3.8, 4) is 6.07 Å². The van der Waals surface area contributed by atoms with Crippen molar-refractivity contribution < 1.29 is 4.79 Å². The number of rotatable bonds is 3. The fourth-order valence-electron chi connectivity index (χ4n) is 3.28. The molecule has 22 heavy (non-hydrogen) atoms. The molecule has 0 N–H and O–H groups in total. The maximum Gasteiger partial charge on any atom is 0.265 e. The molecular formula is C17H28N4O. The van der Waals surface area contributed by atoms with Crippen molar-refractivity contribution >= 4 is 5.91 Å². The smallest absolute Gasteiger partial charge is 0.265 e. The number of carbonyl (C=O) groups excluding carboxylic acids is 1. The molecule has 122 valence electrons. The molecule has 0 atom stereocenters. The summed E-state index contributed by atoms with van der Waals surface area (Å²) in [5.74, 6) is -0.124. The van der Waals surface area contributed by atoms with Crippen LogP contribution in [-0.4, -0.2) is 66.9 Å². The molecule has 0 aromatic carbocycles. The maximum atomic E-state index is 12.6. The monoisotopic (exact) mass is 304 g/mol. The van der Waals surface area contributed by atoms with E-state index in [1.807, 2.05) is 7.05 Å². The number of likely N-dealkylation sites (N-methyl/N-ethyl adjacent to an activating group) is 1. The fourth-order valence-corrected chi connectivity index (χ4v) is 3.28. The van der Waals surface area contributed by atoms with E-state index >= 15 is 0 Å². The average Bonchev–Trinajstić information content (AvgIpc) is 2.80. The van der Waals surface area contributed by atoms with Crippen LogP contribution in [-0.2, 0) is 4.79 Å². The van der Waals surface area contributed by atoms with E-state index in [-0.39, 0.29) is 17.5 Å². The van der Waals surface area contributed by atoms with Gasteiger partial charge in [0.05, 0.1) is 0 Å². The normalized spacial score (nSPS) is 22.0. The van der Waals surface area contributed by atoms with Crippen molar-refractivity contribution in [3.05, 3.63) is 11.8 Å². The van der Waals surface area contributed by atoms with Gasteiger partial charge in [0.25, 0.3) is 5.91 Å². The molecule has 0 aliphatic carbocycles.